The fourth-order valence-electron chi connectivity index (χ4n) is 1.29. The number of aliphatic imine (C=N–C) groups is 1. The number of benzene rings is 1. The third-order valence-electron chi connectivity index (χ3n) is 1.96. The van der Waals surface area contributed by atoms with Crippen molar-refractivity contribution < 1.29 is 18.0 Å². The molecule has 1 aliphatic heterocycles. The van der Waals surface area contributed by atoms with Crippen LogP contribution >= 0.6 is 11.8 Å². The lowest BCUT2D eigenvalue weighted by Crippen LogP contribution is -2.07. The van der Waals surface area contributed by atoms with E-state index in [1.807, 2.05) is 0 Å². The lowest BCUT2D eigenvalue weighted by Gasteiger charge is -1.93. The first-order valence-electron chi connectivity index (χ1n) is 4.42. The number of fused-ring (bicyclic) bond motifs is 1. The summed E-state index contributed by atoms with van der Waals surface area (Å²) in [5.41, 5.74) is 0.319. The van der Waals surface area contributed by atoms with Crippen molar-refractivity contribution in [3.05, 3.63) is 29.6 Å². The molecule has 0 aliphatic carbocycles. The number of ketones is 1. The van der Waals surface area contributed by atoms with Gasteiger partial charge in [-0.05, 0) is 18.2 Å². The van der Waals surface area contributed by atoms with Crippen molar-refractivity contribution in [2.45, 2.75) is 11.3 Å². The average Bonchev–Trinajstić information content (AvgIpc) is 2.52. The Bertz CT molecular complexity index is 473. The maximum Gasteiger partial charge on any atom is 0.257 e. The first-order valence-corrected chi connectivity index (χ1v) is 5.24. The zero-order chi connectivity index (χ0) is 11.7. The number of hydrogen-bond donors (Lipinski definition) is 0. The molecule has 1 aliphatic rings. The second kappa shape index (κ2) is 4.29. The molecule has 2 nitrogen and oxygen atoms in total. The van der Waals surface area contributed by atoms with Crippen LogP contribution in [0.15, 0.2) is 28.1 Å². The van der Waals surface area contributed by atoms with E-state index in [9.17, 15) is 18.0 Å². The van der Waals surface area contributed by atoms with Gasteiger partial charge < -0.3 is 0 Å². The number of Topliss-reactive ketones (excluding diaryl/α,β-unsaturated/α-hetero) is 1. The lowest BCUT2D eigenvalue weighted by molar-refractivity contribution is 0.106. The molecule has 84 valence electrons. The first kappa shape index (κ1) is 11.2. The van der Waals surface area contributed by atoms with Crippen LogP contribution in [0.5, 0.6) is 0 Å². The summed E-state index contributed by atoms with van der Waals surface area (Å²) in [5, 5.41) is 0.000833. The molecular formula is C10H6F3NOS. The number of rotatable bonds is 2. The molecule has 1 heterocycles. The van der Waals surface area contributed by atoms with Crippen molar-refractivity contribution in [3.8, 4) is 0 Å². The van der Waals surface area contributed by atoms with Gasteiger partial charge in [0.2, 0.25) is 5.78 Å². The van der Waals surface area contributed by atoms with E-state index in [1.165, 1.54) is 12.1 Å². The Labute approximate surface area is 93.6 Å². The zero-order valence-electron chi connectivity index (χ0n) is 7.91. The van der Waals surface area contributed by atoms with Gasteiger partial charge in [-0.15, -0.1) is 0 Å². The molecule has 0 saturated heterocycles. The first-order chi connectivity index (χ1) is 7.58. The van der Waals surface area contributed by atoms with Gasteiger partial charge in [-0.3, -0.25) is 9.79 Å². The molecule has 0 atom stereocenters. The number of alkyl halides is 2. The minimum absolute atomic E-state index is 0.000833. The molecule has 0 unspecified atom stereocenters. The van der Waals surface area contributed by atoms with Gasteiger partial charge in [-0.1, -0.05) is 11.8 Å². The predicted octanol–water partition coefficient (Wildman–Crippen LogP) is 2.78. The fraction of sp³-hybridized carbons (Fsp3) is 0.200. The number of thioether (sulfide) groups is 1. The summed E-state index contributed by atoms with van der Waals surface area (Å²) < 4.78 is 36.7. The van der Waals surface area contributed by atoms with Crippen LogP contribution in [0, 0.1) is 5.82 Å². The Morgan fingerprint density at radius 1 is 1.38 bits per heavy atom. The van der Waals surface area contributed by atoms with Crippen molar-refractivity contribution in [2.24, 2.45) is 4.99 Å². The van der Waals surface area contributed by atoms with Crippen LogP contribution in [0.25, 0.3) is 0 Å². The number of carbonyl (C=O) groups excluding carboxylic acids is 1. The summed E-state index contributed by atoms with van der Waals surface area (Å²) >= 11 is 0.928. The highest BCUT2D eigenvalue weighted by Crippen LogP contribution is 2.33. The summed E-state index contributed by atoms with van der Waals surface area (Å²) in [6.45, 7) is -0.704. The topological polar surface area (TPSA) is 29.4 Å². The molecule has 0 fully saturated rings. The van der Waals surface area contributed by atoms with Gasteiger partial charge in [0.05, 0.1) is 0 Å². The van der Waals surface area contributed by atoms with E-state index in [4.69, 9.17) is 0 Å². The molecule has 0 bridgehead atoms. The zero-order valence-corrected chi connectivity index (χ0v) is 8.73. The average molecular weight is 245 g/mol. The van der Waals surface area contributed by atoms with Crippen molar-refractivity contribution in [3.63, 3.8) is 0 Å². The standard InChI is InChI=1S/C10H6F3NOS/c11-5-1-2-6-7(3-5)16-10(9(6)15)14-4-8(12)13/h1-3,8H,4H2. The highest BCUT2D eigenvalue weighted by atomic mass is 32.2. The van der Waals surface area contributed by atoms with E-state index in [1.54, 1.807) is 0 Å². The normalized spacial score (nSPS) is 17.2. The van der Waals surface area contributed by atoms with Crippen LogP contribution in [0.3, 0.4) is 0 Å². The Kier molecular flexibility index (Phi) is 3.00. The van der Waals surface area contributed by atoms with E-state index in [2.05, 4.69) is 4.99 Å². The van der Waals surface area contributed by atoms with Crippen molar-refractivity contribution >= 4 is 22.6 Å². The van der Waals surface area contributed by atoms with Gasteiger partial charge >= 0.3 is 0 Å². The van der Waals surface area contributed by atoms with Crippen LogP contribution in [0.2, 0.25) is 0 Å². The SMILES string of the molecule is O=C1C(=NCC(F)F)Sc2cc(F)ccc21. The summed E-state index contributed by atoms with van der Waals surface area (Å²) in [5.74, 6) is -0.880. The Balaban J connectivity index is 2.27. The van der Waals surface area contributed by atoms with Crippen LogP contribution in [0.4, 0.5) is 13.2 Å². The molecule has 0 aromatic heterocycles. The highest BCUT2D eigenvalue weighted by Gasteiger charge is 2.27. The second-order valence-corrected chi connectivity index (χ2v) is 4.14. The Morgan fingerprint density at radius 2 is 2.12 bits per heavy atom. The third-order valence-corrected chi connectivity index (χ3v) is 3.03. The van der Waals surface area contributed by atoms with E-state index < -0.39 is 24.6 Å². The van der Waals surface area contributed by atoms with Gasteiger partial charge in [0.1, 0.15) is 17.4 Å². The molecule has 0 amide bonds. The van der Waals surface area contributed by atoms with E-state index in [0.717, 1.165) is 17.8 Å². The quantitative estimate of drug-likeness (QED) is 0.801. The predicted molar refractivity (Wildman–Crippen MR) is 54.9 cm³/mol. The summed E-state index contributed by atoms with van der Waals surface area (Å²) in [6, 6.07) is 3.70. The van der Waals surface area contributed by atoms with Crippen LogP contribution < -0.4 is 0 Å². The molecule has 0 saturated carbocycles. The minimum atomic E-state index is -2.58. The fourth-order valence-corrected chi connectivity index (χ4v) is 2.28. The lowest BCUT2D eigenvalue weighted by atomic mass is 10.1. The summed E-state index contributed by atoms with van der Waals surface area (Å²) in [6.07, 6.45) is -2.58. The largest absolute Gasteiger partial charge is 0.286 e. The molecule has 6 heteroatoms. The molecule has 2 rings (SSSR count). The number of carbonyl (C=O) groups is 1. The molecule has 0 N–H and O–H groups in total. The number of hydrogen-bond acceptors (Lipinski definition) is 3. The van der Waals surface area contributed by atoms with Crippen LogP contribution in [0.1, 0.15) is 10.4 Å². The molecule has 0 radical (unpaired) electrons. The molecular weight excluding hydrogens is 239 g/mol. The molecule has 16 heavy (non-hydrogen) atoms. The minimum Gasteiger partial charge on any atom is -0.286 e. The smallest absolute Gasteiger partial charge is 0.257 e. The van der Waals surface area contributed by atoms with E-state index in [0.29, 0.717) is 10.5 Å². The van der Waals surface area contributed by atoms with Crippen LogP contribution in [-0.4, -0.2) is 23.8 Å². The second-order valence-electron chi connectivity index (χ2n) is 3.11. The van der Waals surface area contributed by atoms with Gasteiger partial charge in [-0.25, -0.2) is 13.2 Å². The third kappa shape index (κ3) is 2.11. The number of nitrogens with zero attached hydrogens (tertiary/aromatic N) is 1. The van der Waals surface area contributed by atoms with Crippen LogP contribution in [-0.2, 0) is 0 Å². The highest BCUT2D eigenvalue weighted by molar-refractivity contribution is 8.16. The van der Waals surface area contributed by atoms with Gasteiger partial charge in [0.25, 0.3) is 6.43 Å². The van der Waals surface area contributed by atoms with E-state index in [-0.39, 0.29) is 5.04 Å². The van der Waals surface area contributed by atoms with Crippen molar-refractivity contribution in [2.75, 3.05) is 6.54 Å². The maximum atomic E-state index is 12.8. The summed E-state index contributed by atoms with van der Waals surface area (Å²) in [7, 11) is 0. The monoisotopic (exact) mass is 245 g/mol. The van der Waals surface area contributed by atoms with Crippen molar-refractivity contribution in [1.82, 2.24) is 0 Å². The van der Waals surface area contributed by atoms with Gasteiger partial charge in [0, 0.05) is 10.5 Å². The molecule has 1 aromatic carbocycles. The Hall–Kier alpha value is -1.30. The molecule has 1 aromatic rings. The Morgan fingerprint density at radius 3 is 2.81 bits per heavy atom. The maximum absolute atomic E-state index is 12.8. The van der Waals surface area contributed by atoms with E-state index >= 15 is 0 Å². The van der Waals surface area contributed by atoms with Gasteiger partial charge in [0.15, 0.2) is 0 Å². The van der Waals surface area contributed by atoms with Gasteiger partial charge in [-0.2, -0.15) is 0 Å². The summed E-state index contributed by atoms with van der Waals surface area (Å²) in [4.78, 5) is 15.5. The molecule has 0 spiro atoms. The number of halogens is 3. The van der Waals surface area contributed by atoms with Crippen molar-refractivity contribution in [1.29, 1.82) is 0 Å².